The van der Waals surface area contributed by atoms with Crippen molar-refractivity contribution in [2.24, 2.45) is 11.8 Å². The van der Waals surface area contributed by atoms with E-state index in [0.29, 0.717) is 24.0 Å². The van der Waals surface area contributed by atoms with Crippen LogP contribution in [0.5, 0.6) is 0 Å². The van der Waals surface area contributed by atoms with Gasteiger partial charge in [-0.05, 0) is 49.3 Å². The van der Waals surface area contributed by atoms with Gasteiger partial charge in [-0.1, -0.05) is 19.9 Å². The lowest BCUT2D eigenvalue weighted by molar-refractivity contribution is -0.141. The van der Waals surface area contributed by atoms with E-state index < -0.39 is 6.04 Å². The lowest BCUT2D eigenvalue weighted by Crippen LogP contribution is -2.33. The quantitative estimate of drug-likeness (QED) is 0.519. The summed E-state index contributed by atoms with van der Waals surface area (Å²) in [5.41, 5.74) is 0.516. The molecule has 0 aliphatic heterocycles. The highest BCUT2D eigenvalue weighted by Crippen LogP contribution is 2.28. The first kappa shape index (κ1) is 20.8. The fourth-order valence-electron chi connectivity index (χ4n) is 2.81. The van der Waals surface area contributed by atoms with Gasteiger partial charge in [0.2, 0.25) is 17.8 Å². The molecule has 156 valence electrons. The Morgan fingerprint density at radius 1 is 1.21 bits per heavy atom. The van der Waals surface area contributed by atoms with Crippen LogP contribution in [0, 0.1) is 17.7 Å². The van der Waals surface area contributed by atoms with Gasteiger partial charge in [0.1, 0.15) is 11.9 Å². The van der Waals surface area contributed by atoms with Gasteiger partial charge < -0.3 is 20.7 Å². The maximum Gasteiger partial charge on any atom is 0.328 e. The topological polar surface area (TPSA) is 101 Å². The number of esters is 1. The molecule has 0 saturated heterocycles. The molecule has 1 saturated carbocycles. The third kappa shape index (κ3) is 6.55. The molecule has 0 bridgehead atoms. The second-order valence-electron chi connectivity index (χ2n) is 7.62. The van der Waals surface area contributed by atoms with E-state index in [-0.39, 0.29) is 29.6 Å². The first-order chi connectivity index (χ1) is 13.9. The molecule has 1 aliphatic carbocycles. The zero-order valence-corrected chi connectivity index (χ0v) is 16.9. The van der Waals surface area contributed by atoms with Crippen LogP contribution in [0.3, 0.4) is 0 Å². The molecular formula is C20H27FN6O2. The van der Waals surface area contributed by atoms with E-state index in [1.807, 2.05) is 13.8 Å². The average molecular weight is 402 g/mol. The Balaban J connectivity index is 1.83. The van der Waals surface area contributed by atoms with E-state index in [0.717, 1.165) is 6.54 Å². The Bertz CT molecular complexity index is 843. The van der Waals surface area contributed by atoms with Crippen molar-refractivity contribution in [1.29, 1.82) is 0 Å². The van der Waals surface area contributed by atoms with Crippen molar-refractivity contribution in [1.82, 2.24) is 15.0 Å². The molecule has 1 aliphatic rings. The van der Waals surface area contributed by atoms with E-state index >= 15 is 0 Å². The smallest absolute Gasteiger partial charge is 0.328 e. The van der Waals surface area contributed by atoms with Crippen LogP contribution in [0.2, 0.25) is 0 Å². The highest BCUT2D eigenvalue weighted by atomic mass is 19.1. The number of methoxy groups -OCH3 is 1. The van der Waals surface area contributed by atoms with Crippen molar-refractivity contribution in [2.75, 3.05) is 29.6 Å². The molecular weight excluding hydrogens is 375 g/mol. The molecule has 3 rings (SSSR count). The summed E-state index contributed by atoms with van der Waals surface area (Å²) in [5.74, 6) is 1.04. The highest BCUT2D eigenvalue weighted by molar-refractivity contribution is 5.78. The lowest BCUT2D eigenvalue weighted by Gasteiger charge is -2.19. The highest BCUT2D eigenvalue weighted by Gasteiger charge is 2.23. The number of benzene rings is 1. The number of halogens is 1. The van der Waals surface area contributed by atoms with Crippen LogP contribution < -0.4 is 16.0 Å². The van der Waals surface area contributed by atoms with Crippen molar-refractivity contribution in [2.45, 2.75) is 39.2 Å². The number of rotatable bonds is 10. The van der Waals surface area contributed by atoms with Gasteiger partial charge in [0.25, 0.3) is 0 Å². The molecule has 0 spiro atoms. The molecule has 0 amide bonds. The van der Waals surface area contributed by atoms with E-state index in [2.05, 4.69) is 30.9 Å². The third-order valence-electron chi connectivity index (χ3n) is 4.46. The van der Waals surface area contributed by atoms with Crippen molar-refractivity contribution in [3.05, 3.63) is 30.1 Å². The zero-order valence-electron chi connectivity index (χ0n) is 16.9. The summed E-state index contributed by atoms with van der Waals surface area (Å²) in [7, 11) is 1.35. The van der Waals surface area contributed by atoms with E-state index in [4.69, 9.17) is 4.74 Å². The van der Waals surface area contributed by atoms with E-state index in [1.165, 1.54) is 32.1 Å². The Morgan fingerprint density at radius 3 is 2.59 bits per heavy atom. The van der Waals surface area contributed by atoms with Gasteiger partial charge in [-0.2, -0.15) is 15.0 Å². The third-order valence-corrected chi connectivity index (χ3v) is 4.46. The Morgan fingerprint density at radius 2 is 1.93 bits per heavy atom. The maximum atomic E-state index is 13.5. The second kappa shape index (κ2) is 9.49. The minimum absolute atomic E-state index is 0.244. The van der Waals surface area contributed by atoms with Gasteiger partial charge in [-0.25, -0.2) is 9.18 Å². The molecule has 1 aromatic carbocycles. The molecule has 1 atom stereocenters. The standard InChI is InChI=1S/C20H27FN6O2/c1-12(2)9-16(17(28)29-3)24-20-26-18(22-11-13-7-8-13)25-19(27-20)23-15-6-4-5-14(21)10-15/h4-6,10,12-13,16H,7-9,11H2,1-3H3,(H3,22,23,24,25,26,27)/t16-/m1/s1. The largest absolute Gasteiger partial charge is 0.467 e. The van der Waals surface area contributed by atoms with Crippen LogP contribution in [-0.4, -0.2) is 40.6 Å². The van der Waals surface area contributed by atoms with Crippen LogP contribution >= 0.6 is 0 Å². The van der Waals surface area contributed by atoms with Crippen molar-refractivity contribution < 1.29 is 13.9 Å². The maximum absolute atomic E-state index is 13.5. The minimum Gasteiger partial charge on any atom is -0.467 e. The summed E-state index contributed by atoms with van der Waals surface area (Å²) < 4.78 is 18.4. The molecule has 1 fully saturated rings. The van der Waals surface area contributed by atoms with Gasteiger partial charge in [0.15, 0.2) is 0 Å². The molecule has 1 heterocycles. The van der Waals surface area contributed by atoms with Crippen LogP contribution in [0.4, 0.5) is 27.9 Å². The van der Waals surface area contributed by atoms with Gasteiger partial charge in [0, 0.05) is 12.2 Å². The molecule has 0 unspecified atom stereocenters. The molecule has 1 aromatic heterocycles. The summed E-state index contributed by atoms with van der Waals surface area (Å²) >= 11 is 0. The van der Waals surface area contributed by atoms with Crippen LogP contribution in [-0.2, 0) is 9.53 Å². The van der Waals surface area contributed by atoms with Crippen molar-refractivity contribution >= 4 is 29.5 Å². The number of aromatic nitrogens is 3. The zero-order chi connectivity index (χ0) is 20.8. The number of nitrogens with one attached hydrogen (secondary N) is 3. The molecule has 29 heavy (non-hydrogen) atoms. The normalized spacial score (nSPS) is 14.4. The number of hydrogen-bond acceptors (Lipinski definition) is 8. The van der Waals surface area contributed by atoms with Crippen LogP contribution in [0.15, 0.2) is 24.3 Å². The predicted molar refractivity (Wildman–Crippen MR) is 110 cm³/mol. The Hall–Kier alpha value is -2.97. The summed E-state index contributed by atoms with van der Waals surface area (Å²) in [6.45, 7) is 4.81. The Labute approximate surface area is 169 Å². The van der Waals surface area contributed by atoms with Crippen LogP contribution in [0.1, 0.15) is 33.1 Å². The average Bonchev–Trinajstić information content (AvgIpc) is 3.49. The SMILES string of the molecule is COC(=O)[C@@H](CC(C)C)Nc1nc(NCC2CC2)nc(Nc2cccc(F)c2)n1. The Kier molecular flexibility index (Phi) is 6.79. The summed E-state index contributed by atoms with van der Waals surface area (Å²) in [6, 6.07) is 5.44. The predicted octanol–water partition coefficient (Wildman–Crippen LogP) is 3.58. The van der Waals surface area contributed by atoms with Gasteiger partial charge in [0.05, 0.1) is 7.11 Å². The first-order valence-corrected chi connectivity index (χ1v) is 9.80. The van der Waals surface area contributed by atoms with Crippen molar-refractivity contribution in [3.8, 4) is 0 Å². The number of carbonyl (C=O) groups excluding carboxylic acids is 1. The van der Waals surface area contributed by atoms with Crippen molar-refractivity contribution in [3.63, 3.8) is 0 Å². The molecule has 2 aromatic rings. The van der Waals surface area contributed by atoms with Gasteiger partial charge in [-0.15, -0.1) is 0 Å². The number of carbonyl (C=O) groups is 1. The van der Waals surface area contributed by atoms with E-state index in [9.17, 15) is 9.18 Å². The fraction of sp³-hybridized carbons (Fsp3) is 0.500. The second-order valence-corrected chi connectivity index (χ2v) is 7.62. The van der Waals surface area contributed by atoms with E-state index in [1.54, 1.807) is 12.1 Å². The number of ether oxygens (including phenoxy) is 1. The number of hydrogen-bond donors (Lipinski definition) is 3. The molecule has 3 N–H and O–H groups in total. The lowest BCUT2D eigenvalue weighted by atomic mass is 10.0. The fourth-order valence-corrected chi connectivity index (χ4v) is 2.81. The molecule has 0 radical (unpaired) electrons. The molecule has 9 heteroatoms. The number of anilines is 4. The summed E-state index contributed by atoms with van der Waals surface area (Å²) in [5, 5.41) is 9.25. The van der Waals surface area contributed by atoms with Crippen LogP contribution in [0.25, 0.3) is 0 Å². The number of nitrogens with zero attached hydrogens (tertiary/aromatic N) is 3. The van der Waals surface area contributed by atoms with Gasteiger partial charge >= 0.3 is 5.97 Å². The van der Waals surface area contributed by atoms with Gasteiger partial charge in [-0.3, -0.25) is 0 Å². The first-order valence-electron chi connectivity index (χ1n) is 9.80. The summed E-state index contributed by atoms with van der Waals surface area (Å²) in [6.07, 6.45) is 2.95. The summed E-state index contributed by atoms with van der Waals surface area (Å²) in [4.78, 5) is 25.3. The monoisotopic (exact) mass is 402 g/mol. The minimum atomic E-state index is -0.583. The molecule has 8 nitrogen and oxygen atoms in total.